The standard InChI is InChI=1S/C16H30N2/c1-13-9-8-10-16(13,11-17-14(2,3)4)12-18-15(5,6)7/h8-10,17-18H,11-12H2,1-7H3. The summed E-state index contributed by atoms with van der Waals surface area (Å²) in [4.78, 5) is 0. The molecule has 1 aliphatic carbocycles. The summed E-state index contributed by atoms with van der Waals surface area (Å²) in [5, 5.41) is 7.28. The molecule has 0 spiro atoms. The van der Waals surface area contributed by atoms with Crippen LogP contribution in [0.4, 0.5) is 0 Å². The lowest BCUT2D eigenvalue weighted by Crippen LogP contribution is -2.50. The first-order chi connectivity index (χ1) is 8.04. The summed E-state index contributed by atoms with van der Waals surface area (Å²) < 4.78 is 0. The Kier molecular flexibility index (Phi) is 4.45. The average Bonchev–Trinajstić information content (AvgIpc) is 2.53. The van der Waals surface area contributed by atoms with Crippen LogP contribution in [0, 0.1) is 5.41 Å². The number of hydrogen-bond donors (Lipinski definition) is 2. The molecule has 0 radical (unpaired) electrons. The minimum Gasteiger partial charge on any atom is -0.311 e. The van der Waals surface area contributed by atoms with Crippen molar-refractivity contribution >= 4 is 0 Å². The largest absolute Gasteiger partial charge is 0.311 e. The molecule has 0 amide bonds. The molecule has 0 aromatic heterocycles. The molecular weight excluding hydrogens is 220 g/mol. The van der Waals surface area contributed by atoms with Gasteiger partial charge in [0.15, 0.2) is 0 Å². The van der Waals surface area contributed by atoms with Gasteiger partial charge in [0.1, 0.15) is 0 Å². The van der Waals surface area contributed by atoms with Crippen molar-refractivity contribution in [1.29, 1.82) is 0 Å². The van der Waals surface area contributed by atoms with Crippen LogP contribution in [0.15, 0.2) is 23.8 Å². The summed E-state index contributed by atoms with van der Waals surface area (Å²) in [5.41, 5.74) is 1.88. The second-order valence-electron chi connectivity index (χ2n) is 7.57. The minimum absolute atomic E-state index is 0.126. The number of nitrogens with one attached hydrogen (secondary N) is 2. The molecule has 0 aromatic carbocycles. The fourth-order valence-electron chi connectivity index (χ4n) is 1.98. The monoisotopic (exact) mass is 250 g/mol. The lowest BCUT2D eigenvalue weighted by Gasteiger charge is -2.36. The van der Waals surface area contributed by atoms with Gasteiger partial charge < -0.3 is 10.6 Å². The van der Waals surface area contributed by atoms with Gasteiger partial charge in [0.2, 0.25) is 0 Å². The number of hydrogen-bond acceptors (Lipinski definition) is 2. The topological polar surface area (TPSA) is 24.1 Å². The zero-order valence-corrected chi connectivity index (χ0v) is 13.1. The second kappa shape index (κ2) is 5.18. The van der Waals surface area contributed by atoms with Gasteiger partial charge in [0.25, 0.3) is 0 Å². The maximum absolute atomic E-state index is 3.64. The maximum Gasteiger partial charge on any atom is 0.0344 e. The van der Waals surface area contributed by atoms with Gasteiger partial charge in [0.05, 0.1) is 0 Å². The molecule has 1 aliphatic rings. The van der Waals surface area contributed by atoms with Crippen molar-refractivity contribution in [2.75, 3.05) is 13.1 Å². The van der Waals surface area contributed by atoms with E-state index in [2.05, 4.69) is 77.3 Å². The molecule has 0 saturated carbocycles. The van der Waals surface area contributed by atoms with Gasteiger partial charge in [-0.15, -0.1) is 0 Å². The minimum atomic E-state index is 0.126. The Balaban J connectivity index is 2.73. The molecule has 0 aliphatic heterocycles. The van der Waals surface area contributed by atoms with E-state index in [1.54, 1.807) is 0 Å². The zero-order chi connectivity index (χ0) is 14.0. The third-order valence-corrected chi connectivity index (χ3v) is 3.42. The average molecular weight is 250 g/mol. The second-order valence-corrected chi connectivity index (χ2v) is 7.57. The van der Waals surface area contributed by atoms with Crippen molar-refractivity contribution in [2.45, 2.75) is 59.5 Å². The molecule has 0 aromatic rings. The highest BCUT2D eigenvalue weighted by Crippen LogP contribution is 2.33. The van der Waals surface area contributed by atoms with Crippen LogP contribution < -0.4 is 10.6 Å². The summed E-state index contributed by atoms with van der Waals surface area (Å²) in [5.74, 6) is 0. The van der Waals surface area contributed by atoms with Gasteiger partial charge in [-0.2, -0.15) is 0 Å². The van der Waals surface area contributed by atoms with Crippen LogP contribution in [0.3, 0.4) is 0 Å². The zero-order valence-electron chi connectivity index (χ0n) is 13.1. The Bertz CT molecular complexity index is 319. The summed E-state index contributed by atoms with van der Waals surface area (Å²) >= 11 is 0. The highest BCUT2D eigenvalue weighted by molar-refractivity contribution is 5.34. The van der Waals surface area contributed by atoms with E-state index in [9.17, 15) is 0 Å². The molecule has 0 atom stereocenters. The Morgan fingerprint density at radius 3 is 1.67 bits per heavy atom. The van der Waals surface area contributed by atoms with Crippen molar-refractivity contribution in [3.05, 3.63) is 23.8 Å². The first-order valence-electron chi connectivity index (χ1n) is 6.91. The predicted molar refractivity (Wildman–Crippen MR) is 80.8 cm³/mol. The first kappa shape index (κ1) is 15.5. The van der Waals surface area contributed by atoms with Crippen LogP contribution in [0.25, 0.3) is 0 Å². The lowest BCUT2D eigenvalue weighted by molar-refractivity contribution is 0.299. The van der Waals surface area contributed by atoms with Crippen LogP contribution in [0.1, 0.15) is 48.5 Å². The highest BCUT2D eigenvalue weighted by Gasteiger charge is 2.33. The van der Waals surface area contributed by atoms with Crippen LogP contribution in [-0.4, -0.2) is 24.2 Å². The summed E-state index contributed by atoms with van der Waals surface area (Å²) in [6, 6.07) is 0. The van der Waals surface area contributed by atoms with Crippen LogP contribution in [0.2, 0.25) is 0 Å². The van der Waals surface area contributed by atoms with Gasteiger partial charge >= 0.3 is 0 Å². The normalized spacial score (nSPS) is 19.2. The summed E-state index contributed by atoms with van der Waals surface area (Å²) in [7, 11) is 0. The number of allylic oxidation sites excluding steroid dienone is 2. The Morgan fingerprint density at radius 1 is 0.944 bits per heavy atom. The van der Waals surface area contributed by atoms with Crippen LogP contribution >= 0.6 is 0 Å². The summed E-state index contributed by atoms with van der Waals surface area (Å²) in [6.45, 7) is 17.5. The third-order valence-electron chi connectivity index (χ3n) is 3.42. The first-order valence-corrected chi connectivity index (χ1v) is 6.91. The molecule has 0 bridgehead atoms. The Morgan fingerprint density at radius 2 is 1.39 bits per heavy atom. The molecular formula is C16H30N2. The fourth-order valence-corrected chi connectivity index (χ4v) is 1.98. The van der Waals surface area contributed by atoms with E-state index >= 15 is 0 Å². The summed E-state index contributed by atoms with van der Waals surface area (Å²) in [6.07, 6.45) is 6.75. The van der Waals surface area contributed by atoms with Crippen LogP contribution in [-0.2, 0) is 0 Å². The fraction of sp³-hybridized carbons (Fsp3) is 0.750. The van der Waals surface area contributed by atoms with E-state index in [-0.39, 0.29) is 16.5 Å². The molecule has 104 valence electrons. The molecule has 2 N–H and O–H groups in total. The number of rotatable bonds is 4. The van der Waals surface area contributed by atoms with Gasteiger partial charge in [-0.3, -0.25) is 0 Å². The quantitative estimate of drug-likeness (QED) is 0.800. The molecule has 0 unspecified atom stereocenters. The van der Waals surface area contributed by atoms with Gasteiger partial charge in [-0.25, -0.2) is 0 Å². The molecule has 18 heavy (non-hydrogen) atoms. The van der Waals surface area contributed by atoms with Gasteiger partial charge in [-0.1, -0.05) is 23.8 Å². The smallest absolute Gasteiger partial charge is 0.0344 e. The molecule has 0 heterocycles. The van der Waals surface area contributed by atoms with E-state index in [0.717, 1.165) is 13.1 Å². The van der Waals surface area contributed by atoms with Crippen molar-refractivity contribution in [2.24, 2.45) is 5.41 Å². The maximum atomic E-state index is 3.64. The SMILES string of the molecule is CC1=CC=CC1(CNC(C)(C)C)CNC(C)(C)C. The van der Waals surface area contributed by atoms with E-state index in [4.69, 9.17) is 0 Å². The predicted octanol–water partition coefficient (Wildman–Crippen LogP) is 3.27. The molecule has 2 nitrogen and oxygen atoms in total. The Hall–Kier alpha value is -0.600. The van der Waals surface area contributed by atoms with E-state index < -0.39 is 0 Å². The lowest BCUT2D eigenvalue weighted by atomic mass is 9.82. The Labute approximate surface area is 113 Å². The van der Waals surface area contributed by atoms with Crippen molar-refractivity contribution in [1.82, 2.24) is 10.6 Å². The molecule has 1 rings (SSSR count). The van der Waals surface area contributed by atoms with E-state index in [0.29, 0.717) is 0 Å². The third kappa shape index (κ3) is 4.58. The van der Waals surface area contributed by atoms with E-state index in [1.165, 1.54) is 5.57 Å². The van der Waals surface area contributed by atoms with Crippen molar-refractivity contribution < 1.29 is 0 Å². The highest BCUT2D eigenvalue weighted by atomic mass is 15.0. The molecule has 0 fully saturated rings. The van der Waals surface area contributed by atoms with Crippen molar-refractivity contribution in [3.8, 4) is 0 Å². The van der Waals surface area contributed by atoms with E-state index in [1.807, 2.05) is 0 Å². The van der Waals surface area contributed by atoms with Gasteiger partial charge in [0, 0.05) is 29.6 Å². The van der Waals surface area contributed by atoms with Gasteiger partial charge in [-0.05, 0) is 48.5 Å². The van der Waals surface area contributed by atoms with Crippen LogP contribution in [0.5, 0.6) is 0 Å². The van der Waals surface area contributed by atoms with Crippen molar-refractivity contribution in [3.63, 3.8) is 0 Å². The molecule has 0 saturated heterocycles. The molecule has 2 heteroatoms.